The molecule has 0 fully saturated rings. The first-order valence-electron chi connectivity index (χ1n) is 11.1. The van der Waals surface area contributed by atoms with Crippen LogP contribution in [0, 0.1) is 0 Å². The second-order valence-electron chi connectivity index (χ2n) is 7.88. The summed E-state index contributed by atoms with van der Waals surface area (Å²) in [5.41, 5.74) is 3.00. The molecule has 0 bridgehead atoms. The fourth-order valence-electron chi connectivity index (χ4n) is 4.26. The number of aromatic nitrogens is 1. The molecular formula is C27H26F2N2O5. The van der Waals surface area contributed by atoms with Gasteiger partial charge in [-0.25, -0.2) is 0 Å². The number of nitrogens with one attached hydrogen (secondary N) is 2. The number of para-hydroxylation sites is 2. The number of amides is 1. The normalized spacial score (nSPS) is 11.8. The highest BCUT2D eigenvalue weighted by molar-refractivity contribution is 5.95. The van der Waals surface area contributed by atoms with E-state index in [1.807, 2.05) is 48.7 Å². The number of ether oxygens (including phenoxy) is 4. The quantitative estimate of drug-likeness (QED) is 0.309. The van der Waals surface area contributed by atoms with Gasteiger partial charge in [-0.1, -0.05) is 30.3 Å². The van der Waals surface area contributed by atoms with E-state index in [1.165, 1.54) is 25.3 Å². The Morgan fingerprint density at radius 1 is 0.889 bits per heavy atom. The summed E-state index contributed by atoms with van der Waals surface area (Å²) in [6, 6.07) is 17.5. The maximum absolute atomic E-state index is 13.1. The molecule has 4 aromatic rings. The van der Waals surface area contributed by atoms with Crippen LogP contribution < -0.4 is 24.3 Å². The van der Waals surface area contributed by atoms with Gasteiger partial charge in [0.25, 0.3) is 5.91 Å². The molecule has 1 unspecified atom stereocenters. The van der Waals surface area contributed by atoms with Gasteiger partial charge in [0.1, 0.15) is 0 Å². The van der Waals surface area contributed by atoms with Gasteiger partial charge in [0.2, 0.25) is 0 Å². The van der Waals surface area contributed by atoms with Crippen LogP contribution in [0.3, 0.4) is 0 Å². The molecule has 1 amide bonds. The Morgan fingerprint density at radius 3 is 2.39 bits per heavy atom. The van der Waals surface area contributed by atoms with Crippen LogP contribution in [0.25, 0.3) is 10.9 Å². The number of fused-ring (bicyclic) bond motifs is 1. The van der Waals surface area contributed by atoms with E-state index < -0.39 is 12.5 Å². The van der Waals surface area contributed by atoms with Crippen LogP contribution in [0.1, 0.15) is 27.4 Å². The highest BCUT2D eigenvalue weighted by Gasteiger charge is 2.25. The van der Waals surface area contributed by atoms with E-state index in [4.69, 9.17) is 14.2 Å². The lowest BCUT2D eigenvalue weighted by Crippen LogP contribution is -2.29. The number of alkyl halides is 2. The smallest absolute Gasteiger partial charge is 0.387 e. The number of aromatic amines is 1. The second kappa shape index (κ2) is 11.0. The fourth-order valence-corrected chi connectivity index (χ4v) is 4.26. The SMILES string of the molecule is COc1cc(C(=O)NCC(c2cccc(OC)c2OC)c2c[nH]c3ccccc23)ccc1OC(F)F. The first-order valence-corrected chi connectivity index (χ1v) is 11.1. The first kappa shape index (κ1) is 24.8. The molecule has 0 aliphatic rings. The first-order chi connectivity index (χ1) is 17.5. The van der Waals surface area contributed by atoms with Crippen molar-refractivity contribution in [3.8, 4) is 23.0 Å². The molecular weight excluding hydrogens is 470 g/mol. The van der Waals surface area contributed by atoms with Crippen LogP contribution in [0.2, 0.25) is 0 Å². The van der Waals surface area contributed by atoms with E-state index in [9.17, 15) is 13.6 Å². The zero-order valence-electron chi connectivity index (χ0n) is 20.0. The summed E-state index contributed by atoms with van der Waals surface area (Å²) in [7, 11) is 4.46. The second-order valence-corrected chi connectivity index (χ2v) is 7.88. The van der Waals surface area contributed by atoms with Gasteiger partial charge in [-0.3, -0.25) is 4.79 Å². The molecule has 4 rings (SSSR count). The molecule has 36 heavy (non-hydrogen) atoms. The number of rotatable bonds is 10. The summed E-state index contributed by atoms with van der Waals surface area (Å²) in [5.74, 6) is 0.333. The fraction of sp³-hybridized carbons (Fsp3) is 0.222. The van der Waals surface area contributed by atoms with Crippen molar-refractivity contribution in [1.82, 2.24) is 10.3 Å². The van der Waals surface area contributed by atoms with Crippen molar-refractivity contribution in [3.05, 3.63) is 83.6 Å². The van der Waals surface area contributed by atoms with Gasteiger partial charge in [-0.2, -0.15) is 8.78 Å². The molecule has 188 valence electrons. The summed E-state index contributed by atoms with van der Waals surface area (Å²) in [6.07, 6.45) is 1.92. The van der Waals surface area contributed by atoms with Crippen LogP contribution in [-0.4, -0.2) is 45.4 Å². The van der Waals surface area contributed by atoms with Gasteiger partial charge in [-0.15, -0.1) is 0 Å². The largest absolute Gasteiger partial charge is 0.493 e. The minimum absolute atomic E-state index is 0.0330. The monoisotopic (exact) mass is 496 g/mol. The number of methoxy groups -OCH3 is 3. The average Bonchev–Trinajstić information content (AvgIpc) is 3.32. The third kappa shape index (κ3) is 5.05. The van der Waals surface area contributed by atoms with Crippen LogP contribution in [0.5, 0.6) is 23.0 Å². The molecule has 0 spiro atoms. The molecule has 0 saturated carbocycles. The summed E-state index contributed by atoms with van der Waals surface area (Å²) >= 11 is 0. The van der Waals surface area contributed by atoms with E-state index in [0.29, 0.717) is 11.5 Å². The maximum atomic E-state index is 13.1. The van der Waals surface area contributed by atoms with Gasteiger partial charge in [0.15, 0.2) is 23.0 Å². The number of H-pyrrole nitrogens is 1. The summed E-state index contributed by atoms with van der Waals surface area (Å²) in [6.45, 7) is -2.78. The minimum atomic E-state index is -3.01. The van der Waals surface area contributed by atoms with Crippen molar-refractivity contribution in [1.29, 1.82) is 0 Å². The molecule has 1 aromatic heterocycles. The number of carbonyl (C=O) groups is 1. The number of halogens is 2. The average molecular weight is 497 g/mol. The Labute approximate surface area is 206 Å². The third-order valence-electron chi connectivity index (χ3n) is 5.91. The lowest BCUT2D eigenvalue weighted by Gasteiger charge is -2.22. The van der Waals surface area contributed by atoms with Gasteiger partial charge in [0.05, 0.1) is 21.3 Å². The molecule has 0 aliphatic heterocycles. The Hall–Kier alpha value is -4.27. The van der Waals surface area contributed by atoms with Crippen molar-refractivity contribution in [2.45, 2.75) is 12.5 Å². The highest BCUT2D eigenvalue weighted by atomic mass is 19.3. The van der Waals surface area contributed by atoms with Crippen molar-refractivity contribution in [3.63, 3.8) is 0 Å². The van der Waals surface area contributed by atoms with E-state index in [0.717, 1.165) is 22.0 Å². The maximum Gasteiger partial charge on any atom is 0.387 e. The number of hydrogen-bond acceptors (Lipinski definition) is 5. The van der Waals surface area contributed by atoms with Gasteiger partial charge < -0.3 is 29.2 Å². The predicted molar refractivity (Wildman–Crippen MR) is 132 cm³/mol. The van der Waals surface area contributed by atoms with E-state index in [2.05, 4.69) is 15.0 Å². The van der Waals surface area contributed by atoms with Gasteiger partial charge >= 0.3 is 6.61 Å². The number of hydrogen-bond donors (Lipinski definition) is 2. The Morgan fingerprint density at radius 2 is 1.67 bits per heavy atom. The van der Waals surface area contributed by atoms with E-state index >= 15 is 0 Å². The van der Waals surface area contributed by atoms with Crippen molar-refractivity contribution in [2.24, 2.45) is 0 Å². The predicted octanol–water partition coefficient (Wildman–Crippen LogP) is 5.36. The van der Waals surface area contributed by atoms with Crippen LogP contribution in [-0.2, 0) is 0 Å². The lowest BCUT2D eigenvalue weighted by molar-refractivity contribution is -0.0512. The van der Waals surface area contributed by atoms with Crippen molar-refractivity contribution in [2.75, 3.05) is 27.9 Å². The summed E-state index contributed by atoms with van der Waals surface area (Å²) < 4.78 is 46.0. The molecule has 1 heterocycles. The minimum Gasteiger partial charge on any atom is -0.493 e. The Bertz CT molecular complexity index is 1360. The summed E-state index contributed by atoms with van der Waals surface area (Å²) in [4.78, 5) is 16.4. The number of benzene rings is 3. The Balaban J connectivity index is 1.68. The zero-order chi connectivity index (χ0) is 25.7. The van der Waals surface area contributed by atoms with Gasteiger partial charge in [-0.05, 0) is 35.9 Å². The summed E-state index contributed by atoms with van der Waals surface area (Å²) in [5, 5.41) is 3.97. The van der Waals surface area contributed by atoms with Crippen LogP contribution >= 0.6 is 0 Å². The van der Waals surface area contributed by atoms with Crippen molar-refractivity contribution >= 4 is 16.8 Å². The lowest BCUT2D eigenvalue weighted by atomic mass is 9.89. The highest BCUT2D eigenvalue weighted by Crippen LogP contribution is 2.40. The zero-order valence-corrected chi connectivity index (χ0v) is 20.0. The molecule has 3 aromatic carbocycles. The number of carbonyl (C=O) groups excluding carboxylic acids is 1. The van der Waals surface area contributed by atoms with Crippen LogP contribution in [0.4, 0.5) is 8.78 Å². The topological polar surface area (TPSA) is 81.8 Å². The van der Waals surface area contributed by atoms with Crippen LogP contribution in [0.15, 0.2) is 66.9 Å². The molecule has 7 nitrogen and oxygen atoms in total. The molecule has 0 aliphatic carbocycles. The Kier molecular flexibility index (Phi) is 7.58. The molecule has 1 atom stereocenters. The standard InChI is InChI=1S/C27H26F2N2O5/c1-33-23-10-6-8-18(25(23)35-3)20(19-14-30-21-9-5-4-7-17(19)21)15-31-26(32)16-11-12-22(36-27(28)29)24(13-16)34-2/h4-14,20,27,30H,15H2,1-3H3,(H,31,32). The molecule has 0 radical (unpaired) electrons. The van der Waals surface area contributed by atoms with E-state index in [-0.39, 0.29) is 29.5 Å². The van der Waals surface area contributed by atoms with Gasteiger partial charge in [0, 0.05) is 40.7 Å². The molecule has 0 saturated heterocycles. The van der Waals surface area contributed by atoms with Crippen molar-refractivity contribution < 1.29 is 32.5 Å². The third-order valence-corrected chi connectivity index (χ3v) is 5.91. The van der Waals surface area contributed by atoms with E-state index in [1.54, 1.807) is 14.2 Å². The molecule has 9 heteroatoms. The molecule has 2 N–H and O–H groups in total.